The molecule has 0 aromatic carbocycles. The topological polar surface area (TPSA) is 68.0 Å². The number of carbonyl (C=O) groups is 1. The molecule has 0 radical (unpaired) electrons. The zero-order valence-corrected chi connectivity index (χ0v) is 12.4. The Bertz CT molecular complexity index is 765. The van der Waals surface area contributed by atoms with Crippen LogP contribution in [0.3, 0.4) is 0 Å². The minimum Gasteiger partial charge on any atom is -0.463 e. The normalized spacial score (nSPS) is 10.9. The van der Waals surface area contributed by atoms with Crippen LogP contribution in [0.2, 0.25) is 0 Å². The smallest absolute Gasteiger partial charge is 0.244 e. The molecule has 3 aromatic rings. The molecule has 5 nitrogen and oxygen atoms in total. The van der Waals surface area contributed by atoms with Crippen LogP contribution in [0.15, 0.2) is 58.8 Å². The van der Waals surface area contributed by atoms with Crippen molar-refractivity contribution in [3.63, 3.8) is 0 Å². The second kappa shape index (κ2) is 6.82. The van der Waals surface area contributed by atoms with Gasteiger partial charge in [-0.1, -0.05) is 6.07 Å². The first-order valence-corrected chi connectivity index (χ1v) is 7.54. The van der Waals surface area contributed by atoms with Gasteiger partial charge in [0.2, 0.25) is 5.91 Å². The largest absolute Gasteiger partial charge is 0.463 e. The Morgan fingerprint density at radius 1 is 1.27 bits per heavy atom. The van der Waals surface area contributed by atoms with E-state index in [1.807, 2.05) is 23.6 Å². The van der Waals surface area contributed by atoms with Crippen molar-refractivity contribution in [1.29, 1.82) is 0 Å². The second-order valence-corrected chi connectivity index (χ2v) is 5.37. The Labute approximate surface area is 131 Å². The van der Waals surface area contributed by atoms with Crippen molar-refractivity contribution < 1.29 is 9.21 Å². The van der Waals surface area contributed by atoms with E-state index in [9.17, 15) is 4.79 Å². The van der Waals surface area contributed by atoms with Gasteiger partial charge in [-0.05, 0) is 29.7 Å². The van der Waals surface area contributed by atoms with Crippen LogP contribution in [-0.4, -0.2) is 15.9 Å². The Balaban J connectivity index is 1.66. The van der Waals surface area contributed by atoms with E-state index in [0.717, 1.165) is 4.88 Å². The highest BCUT2D eigenvalue weighted by Gasteiger charge is 2.10. The van der Waals surface area contributed by atoms with Gasteiger partial charge in [0.25, 0.3) is 0 Å². The summed E-state index contributed by atoms with van der Waals surface area (Å²) in [5.41, 5.74) is 1.30. The Morgan fingerprint density at radius 3 is 2.95 bits per heavy atom. The van der Waals surface area contributed by atoms with Crippen molar-refractivity contribution >= 4 is 23.3 Å². The number of hydrogen-bond donors (Lipinski definition) is 1. The van der Waals surface area contributed by atoms with Gasteiger partial charge >= 0.3 is 0 Å². The number of carbonyl (C=O) groups excluding carboxylic acids is 1. The zero-order valence-electron chi connectivity index (χ0n) is 11.6. The highest BCUT2D eigenvalue weighted by atomic mass is 32.1. The fourth-order valence-electron chi connectivity index (χ4n) is 1.89. The molecule has 22 heavy (non-hydrogen) atoms. The van der Waals surface area contributed by atoms with Crippen molar-refractivity contribution in [3.05, 3.63) is 64.9 Å². The van der Waals surface area contributed by atoms with Crippen LogP contribution >= 0.6 is 11.3 Å². The van der Waals surface area contributed by atoms with Gasteiger partial charge in [-0.3, -0.25) is 9.78 Å². The molecule has 0 saturated carbocycles. The third kappa shape index (κ3) is 3.48. The van der Waals surface area contributed by atoms with Gasteiger partial charge in [0.1, 0.15) is 5.69 Å². The predicted octanol–water partition coefficient (Wildman–Crippen LogP) is 3.13. The maximum atomic E-state index is 11.8. The molecule has 110 valence electrons. The first-order valence-electron chi connectivity index (χ1n) is 6.66. The number of rotatable bonds is 5. The number of amides is 1. The number of nitrogens with zero attached hydrogens (tertiary/aromatic N) is 2. The van der Waals surface area contributed by atoms with E-state index >= 15 is 0 Å². The third-order valence-corrected chi connectivity index (χ3v) is 3.74. The van der Waals surface area contributed by atoms with E-state index in [1.54, 1.807) is 42.1 Å². The number of nitrogens with one attached hydrogen (secondary N) is 1. The van der Waals surface area contributed by atoms with Crippen molar-refractivity contribution in [2.24, 2.45) is 0 Å². The summed E-state index contributed by atoms with van der Waals surface area (Å²) < 4.78 is 5.34. The highest BCUT2D eigenvalue weighted by Crippen LogP contribution is 2.19. The van der Waals surface area contributed by atoms with Crippen molar-refractivity contribution in [3.8, 4) is 11.5 Å². The minimum absolute atomic E-state index is 0.176. The first-order chi connectivity index (χ1) is 10.8. The van der Waals surface area contributed by atoms with Gasteiger partial charge in [0.15, 0.2) is 5.76 Å². The lowest BCUT2D eigenvalue weighted by atomic mass is 10.2. The average molecular weight is 311 g/mol. The number of aromatic nitrogens is 2. The van der Waals surface area contributed by atoms with Gasteiger partial charge in [-0.2, -0.15) is 0 Å². The van der Waals surface area contributed by atoms with Crippen LogP contribution in [0.4, 0.5) is 0 Å². The molecular formula is C16H13N3O2S. The van der Waals surface area contributed by atoms with Crippen molar-refractivity contribution in [2.45, 2.75) is 6.54 Å². The second-order valence-electron chi connectivity index (χ2n) is 4.40. The van der Waals surface area contributed by atoms with Gasteiger partial charge < -0.3 is 9.73 Å². The summed E-state index contributed by atoms with van der Waals surface area (Å²) in [6.07, 6.45) is 8.06. The lowest BCUT2D eigenvalue weighted by molar-refractivity contribution is -0.116. The van der Waals surface area contributed by atoms with Crippen LogP contribution in [-0.2, 0) is 11.3 Å². The van der Waals surface area contributed by atoms with Gasteiger partial charge in [0.05, 0.1) is 18.5 Å². The zero-order chi connectivity index (χ0) is 15.2. The average Bonchev–Trinajstić information content (AvgIpc) is 3.24. The lowest BCUT2D eigenvalue weighted by Crippen LogP contribution is -2.21. The third-order valence-electron chi connectivity index (χ3n) is 2.90. The van der Waals surface area contributed by atoms with Gasteiger partial charge in [-0.15, -0.1) is 11.3 Å². The molecule has 1 amide bonds. The van der Waals surface area contributed by atoms with Crippen molar-refractivity contribution in [2.75, 3.05) is 0 Å². The van der Waals surface area contributed by atoms with Crippen molar-refractivity contribution in [1.82, 2.24) is 15.3 Å². The summed E-state index contributed by atoms with van der Waals surface area (Å²) in [6.45, 7) is 0.289. The first kappa shape index (κ1) is 14.2. The van der Waals surface area contributed by atoms with Crippen LogP contribution < -0.4 is 5.32 Å². The quantitative estimate of drug-likeness (QED) is 0.735. The van der Waals surface area contributed by atoms with E-state index in [4.69, 9.17) is 4.42 Å². The SMILES string of the molecule is O=C(/C=C/c1cccs1)NCc1nccnc1-c1ccco1. The number of thiophene rings is 1. The monoisotopic (exact) mass is 311 g/mol. The van der Waals surface area contributed by atoms with Crippen LogP contribution in [0.25, 0.3) is 17.5 Å². The van der Waals surface area contributed by atoms with E-state index in [0.29, 0.717) is 17.1 Å². The molecule has 3 aromatic heterocycles. The summed E-state index contributed by atoms with van der Waals surface area (Å²) in [7, 11) is 0. The lowest BCUT2D eigenvalue weighted by Gasteiger charge is -2.05. The Kier molecular flexibility index (Phi) is 4.41. The molecule has 0 unspecified atom stereocenters. The fraction of sp³-hybridized carbons (Fsp3) is 0.0625. The Hall–Kier alpha value is -2.73. The standard InChI is InChI=1S/C16H13N3O2S/c20-15(6-5-12-3-2-10-22-12)19-11-13-16(18-8-7-17-13)14-4-1-9-21-14/h1-10H,11H2,(H,19,20)/b6-5+. The molecule has 1 N–H and O–H groups in total. The van der Waals surface area contributed by atoms with Crippen LogP contribution in [0.1, 0.15) is 10.6 Å². The Morgan fingerprint density at radius 2 is 2.18 bits per heavy atom. The molecule has 0 spiro atoms. The van der Waals surface area contributed by atoms with E-state index in [2.05, 4.69) is 15.3 Å². The molecule has 0 saturated heterocycles. The molecule has 0 aliphatic heterocycles. The molecule has 6 heteroatoms. The predicted molar refractivity (Wildman–Crippen MR) is 84.9 cm³/mol. The van der Waals surface area contributed by atoms with Gasteiger partial charge in [0, 0.05) is 23.3 Å². The molecule has 0 atom stereocenters. The summed E-state index contributed by atoms with van der Waals surface area (Å²) in [4.78, 5) is 21.4. The number of furan rings is 1. The molecule has 0 bridgehead atoms. The fourth-order valence-corrected chi connectivity index (χ4v) is 2.51. The minimum atomic E-state index is -0.176. The molecule has 3 rings (SSSR count). The summed E-state index contributed by atoms with van der Waals surface area (Å²) >= 11 is 1.58. The van der Waals surface area contributed by atoms with Crippen LogP contribution in [0, 0.1) is 0 Å². The van der Waals surface area contributed by atoms with E-state index in [1.165, 1.54) is 6.08 Å². The summed E-state index contributed by atoms with van der Waals surface area (Å²) in [5.74, 6) is 0.455. The van der Waals surface area contributed by atoms with Crippen LogP contribution in [0.5, 0.6) is 0 Å². The number of hydrogen-bond acceptors (Lipinski definition) is 5. The maximum Gasteiger partial charge on any atom is 0.244 e. The summed E-state index contributed by atoms with van der Waals surface area (Å²) in [5, 5.41) is 4.76. The van der Waals surface area contributed by atoms with Gasteiger partial charge in [-0.25, -0.2) is 4.98 Å². The highest BCUT2D eigenvalue weighted by molar-refractivity contribution is 7.10. The molecule has 0 aliphatic rings. The molecule has 3 heterocycles. The maximum absolute atomic E-state index is 11.8. The molecule has 0 aliphatic carbocycles. The summed E-state index contributed by atoms with van der Waals surface area (Å²) in [6, 6.07) is 7.49. The molecule has 0 fully saturated rings. The van der Waals surface area contributed by atoms with E-state index < -0.39 is 0 Å². The van der Waals surface area contributed by atoms with E-state index in [-0.39, 0.29) is 12.5 Å². The molecular weight excluding hydrogens is 298 g/mol.